The quantitative estimate of drug-likeness (QED) is 0.794. The van der Waals surface area contributed by atoms with Gasteiger partial charge in [-0.15, -0.1) is 0 Å². The van der Waals surface area contributed by atoms with Crippen molar-refractivity contribution in [2.24, 2.45) is 0 Å². The molecule has 1 aromatic carbocycles. The summed E-state index contributed by atoms with van der Waals surface area (Å²) in [6.07, 6.45) is 0.0610. The number of nitrogens with zero attached hydrogens (tertiary/aromatic N) is 1. The van der Waals surface area contributed by atoms with Crippen molar-refractivity contribution >= 4 is 23.3 Å². The summed E-state index contributed by atoms with van der Waals surface area (Å²) in [5.74, 6) is -2.16. The number of carbonyl (C=O) groups excluding carboxylic acids is 3. The summed E-state index contributed by atoms with van der Waals surface area (Å²) in [5.41, 5.74) is 0.409. The number of rotatable bonds is 3. The number of Topliss-reactive ketones (excluding diaryl/α,β-unsaturated/α-hetero) is 1. The van der Waals surface area contributed by atoms with Crippen LogP contribution in [0.25, 0.3) is 0 Å². The van der Waals surface area contributed by atoms with Gasteiger partial charge in [-0.05, 0) is 18.2 Å². The fraction of sp³-hybridized carbons (Fsp3) is 0.250. The topological polar surface area (TPSA) is 66.5 Å². The van der Waals surface area contributed by atoms with Crippen LogP contribution in [-0.4, -0.2) is 31.2 Å². The molecule has 0 fully saturated rings. The molecule has 0 saturated carbocycles. The molecule has 0 aromatic heterocycles. The van der Waals surface area contributed by atoms with Gasteiger partial charge in [0.15, 0.2) is 0 Å². The van der Waals surface area contributed by atoms with Crippen molar-refractivity contribution in [2.45, 2.75) is 6.42 Å². The average molecular weight is 250 g/mol. The summed E-state index contributed by atoms with van der Waals surface area (Å²) in [5, 5.41) is 2.41. The van der Waals surface area contributed by atoms with Crippen molar-refractivity contribution in [2.75, 3.05) is 18.5 Å². The van der Waals surface area contributed by atoms with Gasteiger partial charge >= 0.3 is 0 Å². The molecule has 1 aliphatic rings. The number of amides is 2. The van der Waals surface area contributed by atoms with Gasteiger partial charge in [0.05, 0.1) is 11.3 Å². The highest BCUT2D eigenvalue weighted by atomic mass is 19.1. The van der Waals surface area contributed by atoms with Crippen LogP contribution in [-0.2, 0) is 9.59 Å². The molecule has 1 heterocycles. The molecule has 0 unspecified atom stereocenters. The molecule has 18 heavy (non-hydrogen) atoms. The van der Waals surface area contributed by atoms with Crippen molar-refractivity contribution in [3.63, 3.8) is 0 Å². The number of hydrogen-bond acceptors (Lipinski definition) is 3. The molecule has 1 aromatic rings. The summed E-state index contributed by atoms with van der Waals surface area (Å²) >= 11 is 0. The summed E-state index contributed by atoms with van der Waals surface area (Å²) in [6, 6.07) is 3.54. The van der Waals surface area contributed by atoms with E-state index < -0.39 is 17.5 Å². The highest BCUT2D eigenvalue weighted by molar-refractivity contribution is 6.52. The zero-order valence-electron chi connectivity index (χ0n) is 9.70. The fourth-order valence-corrected chi connectivity index (χ4v) is 1.83. The van der Waals surface area contributed by atoms with Crippen molar-refractivity contribution in [1.82, 2.24) is 5.32 Å². The van der Waals surface area contributed by atoms with Gasteiger partial charge in [-0.1, -0.05) is 0 Å². The lowest BCUT2D eigenvalue weighted by atomic mass is 10.1. The van der Waals surface area contributed by atoms with Crippen LogP contribution < -0.4 is 10.2 Å². The Labute approximate surface area is 103 Å². The summed E-state index contributed by atoms with van der Waals surface area (Å²) < 4.78 is 13.1. The first-order valence-corrected chi connectivity index (χ1v) is 5.41. The zero-order valence-corrected chi connectivity index (χ0v) is 9.70. The third kappa shape index (κ3) is 1.97. The molecule has 5 nitrogen and oxygen atoms in total. The maximum atomic E-state index is 13.1. The van der Waals surface area contributed by atoms with E-state index in [4.69, 9.17) is 0 Å². The van der Waals surface area contributed by atoms with E-state index in [9.17, 15) is 18.8 Å². The Hall–Kier alpha value is -2.24. The minimum absolute atomic E-state index is 0.0562. The molecule has 1 aliphatic heterocycles. The molecule has 2 amide bonds. The number of nitrogens with one attached hydrogen (secondary N) is 1. The van der Waals surface area contributed by atoms with E-state index in [0.717, 1.165) is 17.0 Å². The second-order valence-electron chi connectivity index (χ2n) is 3.87. The first-order chi connectivity index (χ1) is 8.54. The molecular formula is C12H11FN2O3. The third-order valence-electron chi connectivity index (χ3n) is 2.78. The van der Waals surface area contributed by atoms with Crippen LogP contribution in [0.4, 0.5) is 10.1 Å². The second-order valence-corrected chi connectivity index (χ2v) is 3.87. The van der Waals surface area contributed by atoms with E-state index in [1.165, 1.54) is 13.1 Å². The molecule has 94 valence electrons. The van der Waals surface area contributed by atoms with E-state index in [1.54, 1.807) is 0 Å². The Morgan fingerprint density at radius 1 is 1.39 bits per heavy atom. The van der Waals surface area contributed by atoms with Gasteiger partial charge in [-0.3, -0.25) is 14.4 Å². The van der Waals surface area contributed by atoms with Crippen LogP contribution in [0.5, 0.6) is 0 Å². The SMILES string of the molecule is CNC(=O)CCN1C(=O)C(=O)c2ccc(F)cc21. The van der Waals surface area contributed by atoms with E-state index in [-0.39, 0.29) is 30.1 Å². The molecule has 0 spiro atoms. The molecule has 0 radical (unpaired) electrons. The van der Waals surface area contributed by atoms with Crippen LogP contribution in [0, 0.1) is 5.82 Å². The lowest BCUT2D eigenvalue weighted by molar-refractivity contribution is -0.120. The molecule has 0 atom stereocenters. The lowest BCUT2D eigenvalue weighted by Crippen LogP contribution is -2.33. The van der Waals surface area contributed by atoms with Crippen LogP contribution in [0.15, 0.2) is 18.2 Å². The Morgan fingerprint density at radius 3 is 2.78 bits per heavy atom. The van der Waals surface area contributed by atoms with E-state index >= 15 is 0 Å². The second kappa shape index (κ2) is 4.56. The standard InChI is InChI=1S/C12H11FN2O3/c1-14-10(16)4-5-15-9-6-7(13)2-3-8(9)11(17)12(15)18/h2-3,6H,4-5H2,1H3,(H,14,16). The van der Waals surface area contributed by atoms with E-state index in [2.05, 4.69) is 5.32 Å². The molecule has 0 saturated heterocycles. The maximum Gasteiger partial charge on any atom is 0.299 e. The Balaban J connectivity index is 2.27. The molecule has 1 N–H and O–H groups in total. The van der Waals surface area contributed by atoms with Crippen molar-refractivity contribution in [3.8, 4) is 0 Å². The van der Waals surface area contributed by atoms with Crippen molar-refractivity contribution < 1.29 is 18.8 Å². The molecule has 2 rings (SSSR count). The van der Waals surface area contributed by atoms with Gasteiger partial charge < -0.3 is 10.2 Å². The van der Waals surface area contributed by atoms with Gasteiger partial charge in [0.1, 0.15) is 5.82 Å². The molecular weight excluding hydrogens is 239 g/mol. The lowest BCUT2D eigenvalue weighted by Gasteiger charge is -2.15. The van der Waals surface area contributed by atoms with Crippen LogP contribution in [0.1, 0.15) is 16.8 Å². The molecule has 0 bridgehead atoms. The number of benzene rings is 1. The third-order valence-corrected chi connectivity index (χ3v) is 2.78. The Morgan fingerprint density at radius 2 is 2.11 bits per heavy atom. The fourth-order valence-electron chi connectivity index (χ4n) is 1.83. The zero-order chi connectivity index (χ0) is 13.3. The molecule has 6 heteroatoms. The number of fused-ring (bicyclic) bond motifs is 1. The minimum atomic E-state index is -0.723. The van der Waals surface area contributed by atoms with Crippen molar-refractivity contribution in [3.05, 3.63) is 29.6 Å². The van der Waals surface area contributed by atoms with E-state index in [1.807, 2.05) is 0 Å². The number of anilines is 1. The van der Waals surface area contributed by atoms with Crippen LogP contribution >= 0.6 is 0 Å². The smallest absolute Gasteiger partial charge is 0.299 e. The van der Waals surface area contributed by atoms with Gasteiger partial charge in [-0.2, -0.15) is 0 Å². The predicted octanol–water partition coefficient (Wildman–Crippen LogP) is 0.491. The van der Waals surface area contributed by atoms with Gasteiger partial charge in [0.25, 0.3) is 11.7 Å². The van der Waals surface area contributed by atoms with Gasteiger partial charge in [0, 0.05) is 20.0 Å². The Bertz CT molecular complexity index is 542. The summed E-state index contributed by atoms with van der Waals surface area (Å²) in [6.45, 7) is 0.0562. The monoisotopic (exact) mass is 250 g/mol. The number of hydrogen-bond donors (Lipinski definition) is 1. The first kappa shape index (κ1) is 12.2. The maximum absolute atomic E-state index is 13.1. The minimum Gasteiger partial charge on any atom is -0.359 e. The van der Waals surface area contributed by atoms with Gasteiger partial charge in [-0.25, -0.2) is 4.39 Å². The van der Waals surface area contributed by atoms with Crippen LogP contribution in [0.2, 0.25) is 0 Å². The highest BCUT2D eigenvalue weighted by Crippen LogP contribution is 2.29. The van der Waals surface area contributed by atoms with Crippen LogP contribution in [0.3, 0.4) is 0 Å². The summed E-state index contributed by atoms with van der Waals surface area (Å²) in [7, 11) is 1.48. The van der Waals surface area contributed by atoms with Gasteiger partial charge in [0.2, 0.25) is 5.91 Å². The van der Waals surface area contributed by atoms with E-state index in [0.29, 0.717) is 0 Å². The predicted molar refractivity (Wildman–Crippen MR) is 61.8 cm³/mol. The number of carbonyl (C=O) groups is 3. The summed E-state index contributed by atoms with van der Waals surface area (Å²) in [4.78, 5) is 35.6. The average Bonchev–Trinajstić information content (AvgIpc) is 2.59. The first-order valence-electron chi connectivity index (χ1n) is 5.41. The molecule has 0 aliphatic carbocycles. The van der Waals surface area contributed by atoms with Crippen molar-refractivity contribution in [1.29, 1.82) is 0 Å². The normalized spacial score (nSPS) is 13.8. The number of halogens is 1. The highest BCUT2D eigenvalue weighted by Gasteiger charge is 2.35. The Kier molecular flexibility index (Phi) is 3.10. The largest absolute Gasteiger partial charge is 0.359 e. The number of ketones is 1.